The molecule has 1 aromatic heterocycles. The quantitative estimate of drug-likeness (QED) is 0.823. The van der Waals surface area contributed by atoms with Crippen molar-refractivity contribution >= 4 is 11.8 Å². The highest BCUT2D eigenvalue weighted by molar-refractivity contribution is 5.87. The molecule has 7 nitrogen and oxygen atoms in total. The second-order valence-electron chi connectivity index (χ2n) is 7.05. The number of aromatic nitrogens is 2. The Morgan fingerprint density at radius 2 is 2.12 bits per heavy atom. The van der Waals surface area contributed by atoms with Gasteiger partial charge in [0.1, 0.15) is 0 Å². The first-order chi connectivity index (χ1) is 11.4. The third-order valence-electron chi connectivity index (χ3n) is 5.53. The normalized spacial score (nSPS) is 25.0. The molecule has 2 fully saturated rings. The first kappa shape index (κ1) is 17.0. The summed E-state index contributed by atoms with van der Waals surface area (Å²) in [6.45, 7) is 5.89. The highest BCUT2D eigenvalue weighted by Gasteiger charge is 2.54. The van der Waals surface area contributed by atoms with Gasteiger partial charge in [-0.2, -0.15) is 5.10 Å². The second-order valence-corrected chi connectivity index (χ2v) is 7.05. The van der Waals surface area contributed by atoms with Crippen molar-refractivity contribution in [3.63, 3.8) is 0 Å². The molecule has 0 spiro atoms. The van der Waals surface area contributed by atoms with Crippen molar-refractivity contribution in [3.05, 3.63) is 17.5 Å². The molecule has 2 heterocycles. The number of amides is 2. The van der Waals surface area contributed by atoms with Crippen LogP contribution in [0.1, 0.15) is 36.9 Å². The van der Waals surface area contributed by atoms with Crippen LogP contribution in [0, 0.1) is 18.3 Å². The highest BCUT2D eigenvalue weighted by atomic mass is 16.5. The number of nitrogens with zero attached hydrogens (tertiary/aromatic N) is 3. The molecule has 2 aliphatic rings. The minimum atomic E-state index is -0.378. The Labute approximate surface area is 142 Å². The number of hydrogen-bond acceptors (Lipinski definition) is 4. The maximum absolute atomic E-state index is 12.9. The number of carbonyl (C=O) groups excluding carboxylic acids is 2. The first-order valence-corrected chi connectivity index (χ1v) is 8.54. The summed E-state index contributed by atoms with van der Waals surface area (Å²) < 4.78 is 7.28. The Bertz CT molecular complexity index is 650. The summed E-state index contributed by atoms with van der Waals surface area (Å²) in [6, 6.07) is 0. The van der Waals surface area contributed by atoms with Gasteiger partial charge >= 0.3 is 0 Å². The summed E-state index contributed by atoms with van der Waals surface area (Å²) in [6.07, 6.45) is 3.51. The van der Waals surface area contributed by atoms with Gasteiger partial charge in [0.25, 0.3) is 0 Å². The minimum absolute atomic E-state index is 0.0805. The fraction of sp³-hybridized carbons (Fsp3) is 0.706. The van der Waals surface area contributed by atoms with E-state index in [0.717, 1.165) is 24.1 Å². The molecule has 2 amide bonds. The number of carbonyl (C=O) groups is 2. The zero-order valence-corrected chi connectivity index (χ0v) is 14.6. The molecule has 0 unspecified atom stereocenters. The average molecular weight is 334 g/mol. The van der Waals surface area contributed by atoms with Crippen molar-refractivity contribution in [1.82, 2.24) is 14.7 Å². The second kappa shape index (κ2) is 6.20. The van der Waals surface area contributed by atoms with Crippen LogP contribution in [0.4, 0.5) is 0 Å². The Hall–Kier alpha value is -1.89. The summed E-state index contributed by atoms with van der Waals surface area (Å²) in [7, 11) is 1.87. The maximum Gasteiger partial charge on any atom is 0.231 e. The lowest BCUT2D eigenvalue weighted by Gasteiger charge is -2.23. The van der Waals surface area contributed by atoms with E-state index in [1.807, 2.05) is 20.9 Å². The van der Waals surface area contributed by atoms with Crippen LogP contribution < -0.4 is 5.73 Å². The predicted molar refractivity (Wildman–Crippen MR) is 88.1 cm³/mol. The van der Waals surface area contributed by atoms with Crippen LogP contribution in [-0.2, 0) is 21.4 Å². The smallest absolute Gasteiger partial charge is 0.231 e. The number of primary amides is 1. The molecule has 1 aliphatic carbocycles. The third-order valence-corrected chi connectivity index (χ3v) is 5.53. The Balaban J connectivity index is 1.79. The summed E-state index contributed by atoms with van der Waals surface area (Å²) in [5, 5.41) is 4.27. The van der Waals surface area contributed by atoms with E-state index in [0.29, 0.717) is 26.3 Å². The monoisotopic (exact) mass is 334 g/mol. The van der Waals surface area contributed by atoms with Gasteiger partial charge in [-0.15, -0.1) is 0 Å². The van der Waals surface area contributed by atoms with Crippen molar-refractivity contribution < 1.29 is 14.3 Å². The van der Waals surface area contributed by atoms with E-state index in [1.54, 1.807) is 15.8 Å². The predicted octanol–water partition coefficient (Wildman–Crippen LogP) is 0.573. The first-order valence-electron chi connectivity index (χ1n) is 8.54. The van der Waals surface area contributed by atoms with Crippen LogP contribution in [0.5, 0.6) is 0 Å². The highest BCUT2D eigenvalue weighted by Crippen LogP contribution is 2.49. The summed E-state index contributed by atoms with van der Waals surface area (Å²) in [5.74, 6) is -0.692. The molecule has 0 radical (unpaired) electrons. The molecule has 1 aromatic rings. The molecule has 3 rings (SSSR count). The molecule has 0 aromatic carbocycles. The van der Waals surface area contributed by atoms with Gasteiger partial charge in [0.05, 0.1) is 24.1 Å². The van der Waals surface area contributed by atoms with E-state index in [1.165, 1.54) is 0 Å². The molecular formula is C17H26N4O3. The standard InChI is InChI=1S/C17H26N4O3/c1-4-24-10-17(5-6-17)16(23)21-8-13(14(9-21)15(18)22)12-7-19-20(3)11(12)2/h7,13-14H,4-6,8-10H2,1-3H3,(H2,18,22)/t13-,14+/m1/s1. The van der Waals surface area contributed by atoms with Gasteiger partial charge in [0.2, 0.25) is 11.8 Å². The number of ether oxygens (including phenoxy) is 1. The lowest BCUT2D eigenvalue weighted by Crippen LogP contribution is -2.38. The van der Waals surface area contributed by atoms with E-state index in [2.05, 4.69) is 5.10 Å². The van der Waals surface area contributed by atoms with E-state index < -0.39 is 0 Å². The topological polar surface area (TPSA) is 90.4 Å². The lowest BCUT2D eigenvalue weighted by atomic mass is 9.89. The molecular weight excluding hydrogens is 308 g/mol. The Kier molecular flexibility index (Phi) is 4.38. The van der Waals surface area contributed by atoms with Gasteiger partial charge in [0.15, 0.2) is 0 Å². The van der Waals surface area contributed by atoms with E-state index in [4.69, 9.17) is 10.5 Å². The van der Waals surface area contributed by atoms with Crippen LogP contribution in [0.15, 0.2) is 6.20 Å². The fourth-order valence-electron chi connectivity index (χ4n) is 3.66. The van der Waals surface area contributed by atoms with Gasteiger partial charge in [-0.3, -0.25) is 14.3 Å². The van der Waals surface area contributed by atoms with Gasteiger partial charge in [-0.25, -0.2) is 0 Å². The zero-order chi connectivity index (χ0) is 17.5. The zero-order valence-electron chi connectivity index (χ0n) is 14.6. The molecule has 2 atom stereocenters. The molecule has 7 heteroatoms. The van der Waals surface area contributed by atoms with Gasteiger partial charge in [0, 0.05) is 38.4 Å². The van der Waals surface area contributed by atoms with Crippen molar-refractivity contribution in [2.45, 2.75) is 32.6 Å². The SMILES string of the molecule is CCOCC1(C(=O)N2C[C@H](C(N)=O)[C@@H](c3cnn(C)c3C)C2)CC1. The molecule has 24 heavy (non-hydrogen) atoms. The molecule has 132 valence electrons. The van der Waals surface area contributed by atoms with Crippen molar-refractivity contribution in [2.75, 3.05) is 26.3 Å². The van der Waals surface area contributed by atoms with E-state index in [9.17, 15) is 9.59 Å². The lowest BCUT2D eigenvalue weighted by molar-refractivity contribution is -0.138. The van der Waals surface area contributed by atoms with Crippen molar-refractivity contribution in [2.24, 2.45) is 24.1 Å². The summed E-state index contributed by atoms with van der Waals surface area (Å²) in [4.78, 5) is 26.7. The number of hydrogen-bond donors (Lipinski definition) is 1. The van der Waals surface area contributed by atoms with Gasteiger partial charge in [-0.1, -0.05) is 0 Å². The van der Waals surface area contributed by atoms with Crippen LogP contribution in [0.3, 0.4) is 0 Å². The maximum atomic E-state index is 12.9. The molecule has 1 saturated heterocycles. The number of likely N-dealkylation sites (tertiary alicyclic amines) is 1. The van der Waals surface area contributed by atoms with Crippen LogP contribution in [0.2, 0.25) is 0 Å². The fourth-order valence-corrected chi connectivity index (χ4v) is 3.66. The number of aryl methyl sites for hydroxylation is 1. The minimum Gasteiger partial charge on any atom is -0.381 e. The molecule has 2 N–H and O–H groups in total. The van der Waals surface area contributed by atoms with E-state index in [-0.39, 0.29) is 29.1 Å². The molecule has 1 aliphatic heterocycles. The summed E-state index contributed by atoms with van der Waals surface area (Å²) in [5.41, 5.74) is 7.26. The third kappa shape index (κ3) is 2.81. The number of nitrogens with two attached hydrogens (primary N) is 1. The largest absolute Gasteiger partial charge is 0.381 e. The van der Waals surface area contributed by atoms with Crippen molar-refractivity contribution in [1.29, 1.82) is 0 Å². The Morgan fingerprint density at radius 1 is 1.42 bits per heavy atom. The Morgan fingerprint density at radius 3 is 2.62 bits per heavy atom. The van der Waals surface area contributed by atoms with Crippen LogP contribution in [0.25, 0.3) is 0 Å². The average Bonchev–Trinajstić information content (AvgIpc) is 3.10. The van der Waals surface area contributed by atoms with Gasteiger partial charge < -0.3 is 15.4 Å². The molecule has 0 bridgehead atoms. The van der Waals surface area contributed by atoms with Crippen molar-refractivity contribution in [3.8, 4) is 0 Å². The van der Waals surface area contributed by atoms with Crippen LogP contribution in [-0.4, -0.2) is 52.8 Å². The molecule has 1 saturated carbocycles. The number of rotatable bonds is 6. The van der Waals surface area contributed by atoms with Crippen LogP contribution >= 0.6 is 0 Å². The van der Waals surface area contributed by atoms with E-state index >= 15 is 0 Å². The van der Waals surface area contributed by atoms with Gasteiger partial charge in [-0.05, 0) is 32.3 Å². The summed E-state index contributed by atoms with van der Waals surface area (Å²) >= 11 is 0.